The Kier molecular flexibility index (Phi) is 14.4. The molecule has 0 spiro atoms. The maximum Gasteiger partial charge on any atom is 0.316 e. The summed E-state index contributed by atoms with van der Waals surface area (Å²) in [6.45, 7) is 2.58. The van der Waals surface area contributed by atoms with Gasteiger partial charge in [0, 0.05) is 0 Å². The average molecular weight is 463 g/mol. The highest BCUT2D eigenvalue weighted by Gasteiger charge is 2.42. The van der Waals surface area contributed by atoms with Crippen molar-refractivity contribution in [3.8, 4) is 5.75 Å². The zero-order chi connectivity index (χ0) is 23.6. The first-order valence-electron chi connectivity index (χ1n) is 13.4. The molecule has 1 fully saturated rings. The Morgan fingerprint density at radius 1 is 0.758 bits per heavy atom. The van der Waals surface area contributed by atoms with Crippen LogP contribution in [0.15, 0.2) is 24.3 Å². The predicted molar refractivity (Wildman–Crippen MR) is 132 cm³/mol. The lowest BCUT2D eigenvalue weighted by Gasteiger charge is -2.36. The van der Waals surface area contributed by atoms with E-state index in [9.17, 15) is 9.90 Å². The van der Waals surface area contributed by atoms with E-state index in [1.165, 1.54) is 89.9 Å². The van der Waals surface area contributed by atoms with Crippen molar-refractivity contribution in [1.29, 1.82) is 0 Å². The van der Waals surface area contributed by atoms with Crippen LogP contribution >= 0.6 is 0 Å². The SMILES string of the molecule is CCCCCCCCCCCCCCCCCCOC1(c2ccccc2O)OCC(=O)CO1. The number of carbonyl (C=O) groups is 1. The average Bonchev–Trinajstić information content (AvgIpc) is 2.83. The molecule has 0 aliphatic carbocycles. The molecule has 5 heteroatoms. The van der Waals surface area contributed by atoms with Crippen LogP contribution in [0, 0.1) is 0 Å². The second-order valence-electron chi connectivity index (χ2n) is 9.34. The van der Waals surface area contributed by atoms with E-state index in [0.717, 1.165) is 12.8 Å². The van der Waals surface area contributed by atoms with E-state index in [4.69, 9.17) is 14.2 Å². The van der Waals surface area contributed by atoms with Gasteiger partial charge in [0.25, 0.3) is 0 Å². The Bertz CT molecular complexity index is 635. The van der Waals surface area contributed by atoms with Gasteiger partial charge in [-0.1, -0.05) is 115 Å². The first-order valence-corrected chi connectivity index (χ1v) is 13.4. The Morgan fingerprint density at radius 3 is 1.70 bits per heavy atom. The topological polar surface area (TPSA) is 65.0 Å². The Morgan fingerprint density at radius 2 is 1.21 bits per heavy atom. The van der Waals surface area contributed by atoms with Gasteiger partial charge in [-0.2, -0.15) is 0 Å². The zero-order valence-electron chi connectivity index (χ0n) is 20.8. The highest BCUT2D eigenvalue weighted by Crippen LogP contribution is 2.36. The first-order chi connectivity index (χ1) is 16.2. The largest absolute Gasteiger partial charge is 0.507 e. The van der Waals surface area contributed by atoms with E-state index in [2.05, 4.69) is 6.92 Å². The van der Waals surface area contributed by atoms with Gasteiger partial charge in [0.1, 0.15) is 19.0 Å². The third-order valence-corrected chi connectivity index (χ3v) is 6.37. The molecular weight excluding hydrogens is 416 g/mol. The molecule has 0 aromatic heterocycles. The maximum atomic E-state index is 11.5. The lowest BCUT2D eigenvalue weighted by atomic mass is 10.0. The standard InChI is InChI=1S/C28H46O5/c1-2-3-4-5-6-7-8-9-10-11-12-13-14-15-16-19-22-31-28(32-23-25(29)24-33-28)26-20-17-18-21-27(26)30/h17-18,20-21,30H,2-16,19,22-24H2,1H3. The number of hydrogen-bond donors (Lipinski definition) is 1. The smallest absolute Gasteiger partial charge is 0.316 e. The normalized spacial score (nSPS) is 15.7. The molecule has 0 bridgehead atoms. The van der Waals surface area contributed by atoms with Gasteiger partial charge >= 0.3 is 5.97 Å². The summed E-state index contributed by atoms with van der Waals surface area (Å²) in [5.41, 5.74) is 0.411. The summed E-state index contributed by atoms with van der Waals surface area (Å²) in [5.74, 6) is -1.58. The Hall–Kier alpha value is -1.43. The molecule has 5 nitrogen and oxygen atoms in total. The number of ketones is 1. The summed E-state index contributed by atoms with van der Waals surface area (Å²) in [4.78, 5) is 11.5. The number of unbranched alkanes of at least 4 members (excludes halogenated alkanes) is 15. The highest BCUT2D eigenvalue weighted by atomic mass is 16.9. The van der Waals surface area contributed by atoms with Gasteiger partial charge in [-0.15, -0.1) is 0 Å². The summed E-state index contributed by atoms with van der Waals surface area (Å²) in [7, 11) is 0. The highest BCUT2D eigenvalue weighted by molar-refractivity contribution is 5.81. The second kappa shape index (κ2) is 17.1. The van der Waals surface area contributed by atoms with E-state index in [0.29, 0.717) is 12.2 Å². The molecule has 0 amide bonds. The second-order valence-corrected chi connectivity index (χ2v) is 9.34. The van der Waals surface area contributed by atoms with Gasteiger partial charge in [0.2, 0.25) is 0 Å². The van der Waals surface area contributed by atoms with Gasteiger partial charge in [-0.05, 0) is 18.6 Å². The van der Waals surface area contributed by atoms with Crippen molar-refractivity contribution in [2.45, 2.75) is 116 Å². The van der Waals surface area contributed by atoms with Crippen LogP contribution in [-0.2, 0) is 25.0 Å². The monoisotopic (exact) mass is 462 g/mol. The molecule has 188 valence electrons. The van der Waals surface area contributed by atoms with E-state index >= 15 is 0 Å². The third-order valence-electron chi connectivity index (χ3n) is 6.37. The van der Waals surface area contributed by atoms with Crippen molar-refractivity contribution >= 4 is 5.78 Å². The van der Waals surface area contributed by atoms with E-state index in [-0.39, 0.29) is 24.7 Å². The summed E-state index contributed by atoms with van der Waals surface area (Å²) < 4.78 is 17.2. The molecule has 2 rings (SSSR count). The quantitative estimate of drug-likeness (QED) is 0.217. The minimum Gasteiger partial charge on any atom is -0.507 e. The fourth-order valence-electron chi connectivity index (χ4n) is 4.34. The Balaban J connectivity index is 1.48. The molecule has 0 atom stereocenters. The number of phenols is 1. The van der Waals surface area contributed by atoms with E-state index in [1.807, 2.05) is 0 Å². The number of benzene rings is 1. The Labute approximate surface area is 201 Å². The summed E-state index contributed by atoms with van der Waals surface area (Å²) in [6.07, 6.45) is 21.1. The van der Waals surface area contributed by atoms with Crippen LogP contribution in [-0.4, -0.2) is 30.7 Å². The molecule has 1 aliphatic rings. The number of rotatable bonds is 19. The van der Waals surface area contributed by atoms with Crippen LogP contribution in [0.3, 0.4) is 0 Å². The van der Waals surface area contributed by atoms with E-state index < -0.39 is 5.97 Å². The summed E-state index contributed by atoms with van der Waals surface area (Å²) in [6, 6.07) is 6.80. The number of carbonyl (C=O) groups excluding carboxylic acids is 1. The number of ether oxygens (including phenoxy) is 3. The molecular formula is C28H46O5. The van der Waals surface area contributed by atoms with Gasteiger partial charge < -0.3 is 19.3 Å². The number of para-hydroxylation sites is 1. The molecule has 1 aliphatic heterocycles. The van der Waals surface area contributed by atoms with Crippen LogP contribution < -0.4 is 0 Å². The van der Waals surface area contributed by atoms with Crippen LogP contribution in [0.4, 0.5) is 0 Å². The predicted octanol–water partition coefficient (Wildman–Crippen LogP) is 7.40. The van der Waals surface area contributed by atoms with Crippen LogP contribution in [0.1, 0.15) is 115 Å². The number of Topliss-reactive ketones (excluding diaryl/α,β-unsaturated/α-hetero) is 1. The van der Waals surface area contributed by atoms with Crippen molar-refractivity contribution in [2.75, 3.05) is 19.8 Å². The number of phenolic OH excluding ortho intramolecular Hbond substituents is 1. The molecule has 1 aromatic rings. The van der Waals surface area contributed by atoms with Gasteiger partial charge in [0.15, 0.2) is 5.78 Å². The molecule has 33 heavy (non-hydrogen) atoms. The molecule has 1 saturated heterocycles. The fourth-order valence-corrected chi connectivity index (χ4v) is 4.34. The lowest BCUT2D eigenvalue weighted by Crippen LogP contribution is -2.44. The first kappa shape index (κ1) is 27.8. The van der Waals surface area contributed by atoms with Crippen molar-refractivity contribution in [2.24, 2.45) is 0 Å². The lowest BCUT2D eigenvalue weighted by molar-refractivity contribution is -0.399. The summed E-state index contributed by atoms with van der Waals surface area (Å²) >= 11 is 0. The number of hydrogen-bond acceptors (Lipinski definition) is 5. The molecule has 1 aromatic carbocycles. The molecule has 1 N–H and O–H groups in total. The van der Waals surface area contributed by atoms with Crippen LogP contribution in [0.25, 0.3) is 0 Å². The van der Waals surface area contributed by atoms with Crippen LogP contribution in [0.5, 0.6) is 5.75 Å². The fraction of sp³-hybridized carbons (Fsp3) is 0.750. The van der Waals surface area contributed by atoms with E-state index in [1.54, 1.807) is 24.3 Å². The van der Waals surface area contributed by atoms with Gasteiger partial charge in [-0.25, -0.2) is 0 Å². The molecule has 1 heterocycles. The third kappa shape index (κ3) is 11.0. The molecule has 0 radical (unpaired) electrons. The number of aromatic hydroxyl groups is 1. The zero-order valence-corrected chi connectivity index (χ0v) is 20.8. The minimum absolute atomic E-state index is 0.0406. The van der Waals surface area contributed by atoms with Crippen molar-refractivity contribution in [3.63, 3.8) is 0 Å². The maximum absolute atomic E-state index is 11.5. The molecule has 0 unspecified atom stereocenters. The van der Waals surface area contributed by atoms with Crippen molar-refractivity contribution < 1.29 is 24.1 Å². The van der Waals surface area contributed by atoms with Crippen molar-refractivity contribution in [3.05, 3.63) is 29.8 Å². The van der Waals surface area contributed by atoms with Gasteiger partial charge in [0.05, 0.1) is 12.2 Å². The molecule has 0 saturated carbocycles. The van der Waals surface area contributed by atoms with Crippen molar-refractivity contribution in [1.82, 2.24) is 0 Å². The summed E-state index contributed by atoms with van der Waals surface area (Å²) in [5, 5.41) is 10.2. The van der Waals surface area contributed by atoms with Gasteiger partial charge in [-0.3, -0.25) is 4.79 Å². The minimum atomic E-state index is -1.49. The van der Waals surface area contributed by atoms with Crippen LogP contribution in [0.2, 0.25) is 0 Å².